The van der Waals surface area contributed by atoms with Gasteiger partial charge in [0, 0.05) is 18.2 Å². The third kappa shape index (κ3) is 7.49. The molecule has 0 radical (unpaired) electrons. The lowest BCUT2D eigenvalue weighted by Crippen LogP contribution is -2.25. The Morgan fingerprint density at radius 2 is 1.81 bits per heavy atom. The maximum Gasteiger partial charge on any atom is 0.0997 e. The van der Waals surface area contributed by atoms with Crippen LogP contribution < -0.4 is 5.73 Å². The van der Waals surface area contributed by atoms with Gasteiger partial charge in [0.2, 0.25) is 0 Å². The number of hydrogen-bond acceptors (Lipinski definition) is 4. The van der Waals surface area contributed by atoms with Gasteiger partial charge in [-0.15, -0.1) is 11.8 Å². The molecule has 0 atom stereocenters. The molecule has 0 unspecified atom stereocenters. The predicted octanol–water partition coefficient (Wildman–Crippen LogP) is 2.27. The lowest BCUT2D eigenvalue weighted by Gasteiger charge is -2.18. The molecule has 4 heteroatoms. The van der Waals surface area contributed by atoms with Crippen LogP contribution in [-0.2, 0) is 4.74 Å². The first-order chi connectivity index (χ1) is 7.93. The number of ether oxygens (including phenoxy) is 1. The van der Waals surface area contributed by atoms with Crippen molar-refractivity contribution in [1.82, 2.24) is 4.90 Å². The van der Waals surface area contributed by atoms with Crippen molar-refractivity contribution in [2.24, 2.45) is 5.73 Å². The van der Waals surface area contributed by atoms with Gasteiger partial charge in [-0.05, 0) is 19.4 Å². The highest BCUT2D eigenvalue weighted by Crippen LogP contribution is 2.11. The van der Waals surface area contributed by atoms with Crippen molar-refractivity contribution >= 4 is 11.8 Å². The summed E-state index contributed by atoms with van der Waals surface area (Å²) in [5.41, 5.74) is 5.46. The average Bonchev–Trinajstić information content (AvgIpc) is 2.56. The van der Waals surface area contributed by atoms with E-state index in [-0.39, 0.29) is 0 Å². The number of thioether (sulfide) groups is 1. The van der Waals surface area contributed by atoms with Gasteiger partial charge in [0.15, 0.2) is 0 Å². The van der Waals surface area contributed by atoms with E-state index in [1.165, 1.54) is 45.1 Å². The van der Waals surface area contributed by atoms with Gasteiger partial charge in [-0.2, -0.15) is 0 Å². The van der Waals surface area contributed by atoms with Gasteiger partial charge < -0.3 is 10.5 Å². The second-order valence-corrected chi connectivity index (χ2v) is 5.45. The molecule has 0 aliphatic carbocycles. The Balaban J connectivity index is 1.86. The molecule has 0 aromatic carbocycles. The van der Waals surface area contributed by atoms with E-state index in [1.54, 1.807) is 0 Å². The molecule has 0 spiro atoms. The van der Waals surface area contributed by atoms with Crippen LogP contribution in [0, 0.1) is 0 Å². The van der Waals surface area contributed by atoms with E-state index in [9.17, 15) is 0 Å². The summed E-state index contributed by atoms with van der Waals surface area (Å²) in [7, 11) is 0. The highest BCUT2D eigenvalue weighted by atomic mass is 32.2. The van der Waals surface area contributed by atoms with Crippen molar-refractivity contribution < 1.29 is 4.74 Å². The molecular formula is C12H26N2OS. The summed E-state index contributed by atoms with van der Waals surface area (Å²) in [5, 5.41) is 0. The Morgan fingerprint density at radius 3 is 2.62 bits per heavy atom. The zero-order chi connectivity index (χ0) is 11.5. The van der Waals surface area contributed by atoms with Crippen LogP contribution in [-0.4, -0.2) is 43.0 Å². The van der Waals surface area contributed by atoms with Crippen molar-refractivity contribution in [2.75, 3.05) is 38.1 Å². The molecule has 16 heavy (non-hydrogen) atoms. The lowest BCUT2D eigenvalue weighted by atomic mass is 10.1. The second-order valence-electron chi connectivity index (χ2n) is 4.38. The minimum atomic E-state index is 0.834. The van der Waals surface area contributed by atoms with Crippen molar-refractivity contribution in [1.29, 1.82) is 0 Å². The predicted molar refractivity (Wildman–Crippen MR) is 71.6 cm³/mol. The smallest absolute Gasteiger partial charge is 0.0997 e. The molecule has 1 rings (SSSR count). The van der Waals surface area contributed by atoms with Crippen LogP contribution in [0.1, 0.15) is 38.5 Å². The van der Waals surface area contributed by atoms with Gasteiger partial charge in [-0.3, -0.25) is 4.90 Å². The van der Waals surface area contributed by atoms with Gasteiger partial charge in [0.25, 0.3) is 0 Å². The largest absolute Gasteiger partial charge is 0.365 e. The fraction of sp³-hybridized carbons (Fsp3) is 1.00. The van der Waals surface area contributed by atoms with E-state index in [1.807, 2.05) is 11.8 Å². The Labute approximate surface area is 104 Å². The number of nitrogens with two attached hydrogens (primary N) is 1. The Bertz CT molecular complexity index is 150. The summed E-state index contributed by atoms with van der Waals surface area (Å²) in [6.45, 7) is 3.80. The van der Waals surface area contributed by atoms with Crippen LogP contribution in [0.5, 0.6) is 0 Å². The molecule has 0 aromatic rings. The fourth-order valence-corrected chi connectivity index (χ4v) is 2.69. The normalized spacial score (nSPS) is 18.6. The first-order valence-electron chi connectivity index (χ1n) is 6.51. The zero-order valence-corrected chi connectivity index (χ0v) is 11.1. The summed E-state index contributed by atoms with van der Waals surface area (Å²) < 4.78 is 5.51. The molecule has 1 aliphatic rings. The van der Waals surface area contributed by atoms with Gasteiger partial charge in [-0.1, -0.05) is 25.7 Å². The number of unbranched alkanes of at least 4 members (excludes halogenated alkanes) is 5. The maximum atomic E-state index is 5.51. The third-order valence-electron chi connectivity index (χ3n) is 2.85. The minimum Gasteiger partial charge on any atom is -0.365 e. The molecule has 0 amide bonds. The highest BCUT2D eigenvalue weighted by Gasteiger charge is 2.08. The zero-order valence-electron chi connectivity index (χ0n) is 10.3. The standard InChI is InChI=1S/C12H26N2OS/c13-7-5-3-1-2-4-6-8-14-11-15-9-10-16-12-14/h1-13H2. The quantitative estimate of drug-likeness (QED) is 0.667. The summed E-state index contributed by atoms with van der Waals surface area (Å²) in [6, 6.07) is 0. The van der Waals surface area contributed by atoms with Crippen molar-refractivity contribution in [3.63, 3.8) is 0 Å². The minimum absolute atomic E-state index is 0.834. The molecule has 1 heterocycles. The van der Waals surface area contributed by atoms with Crippen LogP contribution >= 0.6 is 11.8 Å². The van der Waals surface area contributed by atoms with Crippen LogP contribution in [0.15, 0.2) is 0 Å². The summed E-state index contributed by atoms with van der Waals surface area (Å²) >= 11 is 1.99. The van der Waals surface area contributed by atoms with Crippen LogP contribution in [0.25, 0.3) is 0 Å². The van der Waals surface area contributed by atoms with Crippen molar-refractivity contribution in [3.8, 4) is 0 Å². The highest BCUT2D eigenvalue weighted by molar-refractivity contribution is 7.99. The van der Waals surface area contributed by atoms with E-state index in [2.05, 4.69) is 4.90 Å². The SMILES string of the molecule is NCCCCCCCCN1COCCSC1. The molecule has 1 aliphatic heterocycles. The number of nitrogens with zero attached hydrogens (tertiary/aromatic N) is 1. The molecule has 96 valence electrons. The molecule has 2 N–H and O–H groups in total. The molecular weight excluding hydrogens is 220 g/mol. The monoisotopic (exact) mass is 246 g/mol. The first-order valence-corrected chi connectivity index (χ1v) is 7.67. The maximum absolute atomic E-state index is 5.51. The number of rotatable bonds is 8. The van der Waals surface area contributed by atoms with E-state index in [4.69, 9.17) is 10.5 Å². The van der Waals surface area contributed by atoms with Gasteiger partial charge in [0.05, 0.1) is 13.3 Å². The van der Waals surface area contributed by atoms with E-state index in [0.717, 1.165) is 31.5 Å². The van der Waals surface area contributed by atoms with Crippen LogP contribution in [0.3, 0.4) is 0 Å². The molecule has 0 bridgehead atoms. The molecule has 0 aromatic heterocycles. The van der Waals surface area contributed by atoms with E-state index in [0.29, 0.717) is 0 Å². The van der Waals surface area contributed by atoms with Crippen molar-refractivity contribution in [2.45, 2.75) is 38.5 Å². The third-order valence-corrected chi connectivity index (χ3v) is 3.85. The fourth-order valence-electron chi connectivity index (χ4n) is 1.86. The summed E-state index contributed by atoms with van der Waals surface area (Å²) in [6.07, 6.45) is 7.87. The Hall–Kier alpha value is 0.230. The van der Waals surface area contributed by atoms with Crippen LogP contribution in [0.4, 0.5) is 0 Å². The number of hydrogen-bond donors (Lipinski definition) is 1. The lowest BCUT2D eigenvalue weighted by molar-refractivity contribution is 0.0528. The van der Waals surface area contributed by atoms with E-state index < -0.39 is 0 Å². The average molecular weight is 246 g/mol. The van der Waals surface area contributed by atoms with Crippen molar-refractivity contribution in [3.05, 3.63) is 0 Å². The Morgan fingerprint density at radius 1 is 1.06 bits per heavy atom. The van der Waals surface area contributed by atoms with Gasteiger partial charge >= 0.3 is 0 Å². The molecule has 3 nitrogen and oxygen atoms in total. The van der Waals surface area contributed by atoms with E-state index >= 15 is 0 Å². The summed E-state index contributed by atoms with van der Waals surface area (Å²) in [5.74, 6) is 2.29. The molecule has 1 saturated heterocycles. The van der Waals surface area contributed by atoms with Gasteiger partial charge in [0.1, 0.15) is 0 Å². The van der Waals surface area contributed by atoms with Gasteiger partial charge in [-0.25, -0.2) is 0 Å². The molecule has 1 fully saturated rings. The van der Waals surface area contributed by atoms with Crippen LogP contribution in [0.2, 0.25) is 0 Å². The summed E-state index contributed by atoms with van der Waals surface area (Å²) in [4.78, 5) is 2.41. The molecule has 0 saturated carbocycles. The topological polar surface area (TPSA) is 38.5 Å². The Kier molecular flexibility index (Phi) is 9.28. The first kappa shape index (κ1) is 14.3. The second kappa shape index (κ2) is 10.4.